The largest absolute Gasteiger partial charge is 0.341 e. The zero-order chi connectivity index (χ0) is 19.6. The lowest BCUT2D eigenvalue weighted by Gasteiger charge is -2.34. The minimum atomic E-state index is -0.376. The first kappa shape index (κ1) is 20.1. The van der Waals surface area contributed by atoms with Gasteiger partial charge in [0.05, 0.1) is 5.41 Å². The second-order valence-electron chi connectivity index (χ2n) is 7.76. The van der Waals surface area contributed by atoms with Crippen molar-refractivity contribution < 1.29 is 4.79 Å². The molecular weight excluding hydrogens is 409 g/mol. The van der Waals surface area contributed by atoms with Gasteiger partial charge in [-0.25, -0.2) is 0 Å². The third-order valence-electron chi connectivity index (χ3n) is 6.14. The monoisotopic (exact) mass is 433 g/mol. The van der Waals surface area contributed by atoms with Crippen molar-refractivity contribution in [2.75, 3.05) is 18.8 Å². The van der Waals surface area contributed by atoms with Gasteiger partial charge >= 0.3 is 0 Å². The minimum Gasteiger partial charge on any atom is -0.341 e. The molecule has 0 spiro atoms. The molecule has 1 aliphatic heterocycles. The van der Waals surface area contributed by atoms with E-state index in [1.54, 1.807) is 0 Å². The van der Waals surface area contributed by atoms with E-state index in [-0.39, 0.29) is 5.41 Å². The van der Waals surface area contributed by atoms with Crippen LogP contribution >= 0.6 is 35.0 Å². The zero-order valence-corrected chi connectivity index (χ0v) is 18.2. The Balaban J connectivity index is 1.54. The lowest BCUT2D eigenvalue weighted by Crippen LogP contribution is -2.46. The van der Waals surface area contributed by atoms with Crippen molar-refractivity contribution in [1.29, 1.82) is 0 Å². The number of carbonyl (C=O) groups is 1. The molecule has 1 aliphatic carbocycles. The van der Waals surface area contributed by atoms with Crippen molar-refractivity contribution in [3.8, 4) is 0 Å². The fourth-order valence-electron chi connectivity index (χ4n) is 4.63. The SMILES string of the molecule is O=C(N1CCSC(c2ccccc2Cl)CC1)C1(c2ccc(Cl)cc2)CCCC1. The van der Waals surface area contributed by atoms with Crippen LogP contribution in [-0.4, -0.2) is 29.6 Å². The van der Waals surface area contributed by atoms with Crippen molar-refractivity contribution in [1.82, 2.24) is 4.90 Å². The average molecular weight is 434 g/mol. The first-order valence-electron chi connectivity index (χ1n) is 10.0. The van der Waals surface area contributed by atoms with E-state index in [1.165, 1.54) is 5.56 Å². The van der Waals surface area contributed by atoms with Crippen molar-refractivity contribution in [2.24, 2.45) is 0 Å². The molecule has 0 bridgehead atoms. The lowest BCUT2D eigenvalue weighted by molar-refractivity contribution is -0.137. The van der Waals surface area contributed by atoms with Crippen molar-refractivity contribution in [2.45, 2.75) is 42.8 Å². The van der Waals surface area contributed by atoms with Crippen LogP contribution in [0.25, 0.3) is 0 Å². The van der Waals surface area contributed by atoms with Gasteiger partial charge in [0.2, 0.25) is 5.91 Å². The van der Waals surface area contributed by atoms with Crippen LogP contribution in [0.1, 0.15) is 48.5 Å². The molecule has 28 heavy (non-hydrogen) atoms. The van der Waals surface area contributed by atoms with E-state index in [4.69, 9.17) is 23.2 Å². The van der Waals surface area contributed by atoms with Crippen molar-refractivity contribution in [3.63, 3.8) is 0 Å². The Hall–Kier alpha value is -1.16. The number of rotatable bonds is 3. The summed E-state index contributed by atoms with van der Waals surface area (Å²) in [6.07, 6.45) is 5.03. The molecule has 0 radical (unpaired) electrons. The molecule has 1 unspecified atom stereocenters. The molecule has 1 saturated heterocycles. The van der Waals surface area contributed by atoms with Gasteiger partial charge in [0.25, 0.3) is 0 Å². The third-order valence-corrected chi connectivity index (χ3v) is 8.05. The maximum absolute atomic E-state index is 13.7. The molecule has 1 heterocycles. The minimum absolute atomic E-state index is 0.299. The molecule has 0 aromatic heterocycles. The highest BCUT2D eigenvalue weighted by molar-refractivity contribution is 7.99. The molecule has 2 aromatic carbocycles. The second-order valence-corrected chi connectivity index (χ2v) is 9.91. The van der Waals surface area contributed by atoms with Crippen molar-refractivity contribution in [3.05, 3.63) is 69.7 Å². The Morgan fingerprint density at radius 2 is 1.71 bits per heavy atom. The van der Waals surface area contributed by atoms with E-state index in [0.29, 0.717) is 11.2 Å². The van der Waals surface area contributed by atoms with Crippen LogP contribution in [0.15, 0.2) is 48.5 Å². The average Bonchev–Trinajstić information content (AvgIpc) is 3.08. The number of carbonyl (C=O) groups excluding carboxylic acids is 1. The first-order valence-corrected chi connectivity index (χ1v) is 11.8. The Kier molecular flexibility index (Phi) is 6.24. The molecule has 1 saturated carbocycles. The summed E-state index contributed by atoms with van der Waals surface area (Å²) in [4.78, 5) is 15.8. The van der Waals surface area contributed by atoms with Crippen LogP contribution < -0.4 is 0 Å². The highest BCUT2D eigenvalue weighted by Crippen LogP contribution is 2.44. The maximum Gasteiger partial charge on any atom is 0.233 e. The van der Waals surface area contributed by atoms with E-state index in [0.717, 1.165) is 66.6 Å². The normalized spacial score (nSPS) is 22.1. The van der Waals surface area contributed by atoms with Crippen LogP contribution in [0.5, 0.6) is 0 Å². The van der Waals surface area contributed by atoms with Crippen molar-refractivity contribution >= 4 is 40.9 Å². The van der Waals surface area contributed by atoms with E-state index < -0.39 is 0 Å². The van der Waals surface area contributed by atoms with Crippen LogP contribution in [0.4, 0.5) is 0 Å². The number of amides is 1. The number of nitrogens with zero attached hydrogens (tertiary/aromatic N) is 1. The molecule has 4 rings (SSSR count). The summed E-state index contributed by atoms with van der Waals surface area (Å²) in [5.41, 5.74) is 1.94. The summed E-state index contributed by atoms with van der Waals surface area (Å²) in [6.45, 7) is 1.59. The predicted octanol–water partition coefficient (Wildman–Crippen LogP) is 6.51. The zero-order valence-electron chi connectivity index (χ0n) is 15.9. The summed E-state index contributed by atoms with van der Waals surface area (Å²) >= 11 is 14.4. The van der Waals surface area contributed by atoms with Crippen LogP contribution in [0, 0.1) is 0 Å². The Morgan fingerprint density at radius 3 is 2.43 bits per heavy atom. The fraction of sp³-hybridized carbons (Fsp3) is 0.435. The molecule has 1 atom stereocenters. The number of hydrogen-bond acceptors (Lipinski definition) is 2. The van der Waals surface area contributed by atoms with Crippen LogP contribution in [-0.2, 0) is 10.2 Å². The molecule has 148 valence electrons. The van der Waals surface area contributed by atoms with Gasteiger partial charge in [-0.2, -0.15) is 11.8 Å². The van der Waals surface area contributed by atoms with Crippen LogP contribution in [0.3, 0.4) is 0 Å². The fourth-order valence-corrected chi connectivity index (χ4v) is 6.36. The lowest BCUT2D eigenvalue weighted by atomic mass is 9.77. The molecule has 1 amide bonds. The van der Waals surface area contributed by atoms with Gasteiger partial charge in [0.15, 0.2) is 0 Å². The molecule has 2 aromatic rings. The number of halogens is 2. The molecule has 2 nitrogen and oxygen atoms in total. The molecule has 2 aliphatic rings. The Labute approximate surface area is 181 Å². The number of thioether (sulfide) groups is 1. The first-order chi connectivity index (χ1) is 13.6. The summed E-state index contributed by atoms with van der Waals surface area (Å²) in [6, 6.07) is 16.0. The Morgan fingerprint density at radius 1 is 1.00 bits per heavy atom. The van der Waals surface area contributed by atoms with Gasteiger partial charge in [-0.05, 0) is 48.6 Å². The van der Waals surface area contributed by atoms with Crippen LogP contribution in [0.2, 0.25) is 10.0 Å². The highest BCUT2D eigenvalue weighted by atomic mass is 35.5. The molecule has 5 heteroatoms. The van der Waals surface area contributed by atoms with Gasteiger partial charge < -0.3 is 4.90 Å². The topological polar surface area (TPSA) is 20.3 Å². The summed E-state index contributed by atoms with van der Waals surface area (Å²) in [7, 11) is 0. The van der Waals surface area contributed by atoms with E-state index in [2.05, 4.69) is 11.0 Å². The van der Waals surface area contributed by atoms with Gasteiger partial charge in [-0.3, -0.25) is 4.79 Å². The summed E-state index contributed by atoms with van der Waals surface area (Å²) in [5, 5.41) is 1.90. The van der Waals surface area contributed by atoms with Gasteiger partial charge in [0, 0.05) is 34.1 Å². The maximum atomic E-state index is 13.7. The van der Waals surface area contributed by atoms with E-state index in [1.807, 2.05) is 54.2 Å². The van der Waals surface area contributed by atoms with E-state index in [9.17, 15) is 4.79 Å². The standard InChI is InChI=1S/C23H25Cl2NOS/c24-18-9-7-17(8-10-18)23(12-3-4-13-23)22(27)26-14-11-21(28-16-15-26)19-5-1-2-6-20(19)25/h1-2,5-10,21H,3-4,11-16H2. The number of benzene rings is 2. The Bertz CT molecular complexity index is 833. The van der Waals surface area contributed by atoms with Gasteiger partial charge in [0.1, 0.15) is 0 Å². The smallest absolute Gasteiger partial charge is 0.233 e. The molecule has 2 fully saturated rings. The quantitative estimate of drug-likeness (QED) is 0.549. The summed E-state index contributed by atoms with van der Waals surface area (Å²) in [5.74, 6) is 1.24. The second kappa shape index (κ2) is 8.69. The van der Waals surface area contributed by atoms with Gasteiger partial charge in [-0.1, -0.05) is 66.4 Å². The van der Waals surface area contributed by atoms with Gasteiger partial charge in [-0.15, -0.1) is 0 Å². The summed E-state index contributed by atoms with van der Waals surface area (Å²) < 4.78 is 0. The molecular formula is C23H25Cl2NOS. The molecule has 0 N–H and O–H groups in total. The highest BCUT2D eigenvalue weighted by Gasteiger charge is 2.45. The number of hydrogen-bond donors (Lipinski definition) is 0. The predicted molar refractivity (Wildman–Crippen MR) is 119 cm³/mol. The third kappa shape index (κ3) is 3.94. The van der Waals surface area contributed by atoms with E-state index >= 15 is 0 Å².